The molecule has 0 radical (unpaired) electrons. The number of methoxy groups -OCH3 is 1. The highest BCUT2D eigenvalue weighted by Gasteiger charge is 2.31. The molecule has 74 heavy (non-hydrogen) atoms. The Hall–Kier alpha value is -7.81. The molecule has 0 N–H and O–H groups in total. The predicted molar refractivity (Wildman–Crippen MR) is 290 cm³/mol. The SMILES string of the molecule is COc1cccc(-n2c(=O)n3c(SC)c(-c4cccc(CCSc5c(-c6cccc(CSc7c(-c8ccccc8)n8c(=O)n(-c9cccc(Cl)c9)c(=O)n78)c6)n6c(=O)n(-c7cccc(Cl)c7)c(=O)n56)c4)n3c2=O)c1. The molecule has 0 spiro atoms. The van der Waals surface area contributed by atoms with Gasteiger partial charge in [-0.05, 0) is 84.5 Å². The van der Waals surface area contributed by atoms with Gasteiger partial charge in [0.1, 0.15) is 37.9 Å². The Morgan fingerprint density at radius 1 is 0.432 bits per heavy atom. The van der Waals surface area contributed by atoms with Crippen molar-refractivity contribution < 1.29 is 4.74 Å². The van der Waals surface area contributed by atoms with Crippen LogP contribution in [0.4, 0.5) is 0 Å². The first kappa shape index (κ1) is 47.2. The molecule has 368 valence electrons. The van der Waals surface area contributed by atoms with Crippen molar-refractivity contribution >= 4 is 58.5 Å². The number of benzene rings is 6. The van der Waals surface area contributed by atoms with E-state index in [0.29, 0.717) is 88.5 Å². The van der Waals surface area contributed by atoms with Gasteiger partial charge in [0.15, 0.2) is 0 Å². The Morgan fingerprint density at radius 2 is 0.865 bits per heavy atom. The fourth-order valence-corrected chi connectivity index (χ4v) is 12.8. The minimum absolute atomic E-state index is 0.326. The number of thioether (sulfide) groups is 3. The van der Waals surface area contributed by atoms with Gasteiger partial charge in [-0.1, -0.05) is 120 Å². The molecule has 0 bridgehead atoms. The summed E-state index contributed by atoms with van der Waals surface area (Å²) in [6.07, 6.45) is 2.40. The lowest BCUT2D eigenvalue weighted by Gasteiger charge is -2.20. The first-order valence-corrected chi connectivity index (χ1v) is 26.8. The third-order valence-electron chi connectivity index (χ3n) is 12.7. The van der Waals surface area contributed by atoms with Crippen LogP contribution in [0, 0.1) is 0 Å². The van der Waals surface area contributed by atoms with Crippen molar-refractivity contribution in [2.24, 2.45) is 0 Å². The molecule has 0 unspecified atom stereocenters. The molecule has 0 aliphatic carbocycles. The van der Waals surface area contributed by atoms with Crippen molar-refractivity contribution in [2.45, 2.75) is 27.3 Å². The maximum atomic E-state index is 14.3. The van der Waals surface area contributed by atoms with Crippen molar-refractivity contribution in [3.63, 3.8) is 0 Å². The number of hydrogen-bond donors (Lipinski definition) is 0. The molecular weight excluding hydrogens is 1040 g/mol. The summed E-state index contributed by atoms with van der Waals surface area (Å²) in [6.45, 7) is 0. The Morgan fingerprint density at radius 3 is 1.41 bits per heavy atom. The van der Waals surface area contributed by atoms with Crippen LogP contribution in [0.1, 0.15) is 11.1 Å². The van der Waals surface area contributed by atoms with Gasteiger partial charge in [-0.25, -0.2) is 42.5 Å². The maximum absolute atomic E-state index is 14.3. The van der Waals surface area contributed by atoms with E-state index >= 15 is 0 Å². The van der Waals surface area contributed by atoms with Crippen molar-refractivity contribution in [3.8, 4) is 56.6 Å². The molecule has 12 aromatic rings. The summed E-state index contributed by atoms with van der Waals surface area (Å²) in [7, 11) is 1.52. The Balaban J connectivity index is 0.874. The highest BCUT2D eigenvalue weighted by Crippen LogP contribution is 2.38. The van der Waals surface area contributed by atoms with E-state index in [4.69, 9.17) is 27.9 Å². The first-order chi connectivity index (χ1) is 36.0. The van der Waals surface area contributed by atoms with Crippen LogP contribution < -0.4 is 38.9 Å². The van der Waals surface area contributed by atoms with E-state index in [1.807, 2.05) is 85.1 Å². The second-order valence-electron chi connectivity index (χ2n) is 17.1. The van der Waals surface area contributed by atoms with E-state index in [1.165, 1.54) is 69.5 Å². The van der Waals surface area contributed by atoms with Gasteiger partial charge in [0, 0.05) is 44.3 Å². The number of nitrogens with zero attached hydrogens (tertiary/aromatic N) is 9. The average molecular weight is 1080 g/mol. The molecule has 0 saturated carbocycles. The van der Waals surface area contributed by atoms with Gasteiger partial charge in [0.2, 0.25) is 0 Å². The van der Waals surface area contributed by atoms with Gasteiger partial charge in [0.05, 0.1) is 24.2 Å². The molecule has 6 aromatic heterocycles. The lowest BCUT2D eigenvalue weighted by atomic mass is 10.1. The number of halogens is 2. The predicted octanol–water partition coefficient (Wildman–Crippen LogP) is 8.26. The van der Waals surface area contributed by atoms with E-state index in [0.717, 1.165) is 36.0 Å². The lowest BCUT2D eigenvalue weighted by Crippen LogP contribution is -2.25. The van der Waals surface area contributed by atoms with Gasteiger partial charge in [-0.15, -0.1) is 23.5 Å². The topological polar surface area (TPSA) is 153 Å². The zero-order valence-electron chi connectivity index (χ0n) is 38.9. The number of fused-ring (bicyclic) bond motifs is 3. The van der Waals surface area contributed by atoms with E-state index in [-0.39, 0.29) is 0 Å². The number of rotatable bonds is 15. The monoisotopic (exact) mass is 1080 g/mol. The molecule has 0 aliphatic rings. The van der Waals surface area contributed by atoms with Crippen LogP contribution in [0.5, 0.6) is 5.75 Å². The zero-order chi connectivity index (χ0) is 51.1. The van der Waals surface area contributed by atoms with Crippen LogP contribution in [-0.4, -0.2) is 59.9 Å². The standard InChI is InChI=1S/C53H37Cl2N9O7S3/c1-71-41-22-10-21-40(29-41)58-50(67)60-43(45(72-2)62(60)51(58)68)34-15-6-11-31(25-34)23-24-73-46-44(61-49(66)57(52(69)63(46)61)39-20-9-18-37(55)28-39)35-16-7-12-32(26-35)30-74-47-42(33-13-4-3-5-14-33)59-48(65)56(53(70)64(47)59)38-19-8-17-36(54)27-38/h3-22,25-29H,23-24,30H2,1-2H3. The number of ether oxygens (including phenoxy) is 1. The molecule has 16 nitrogen and oxygen atoms in total. The quantitative estimate of drug-likeness (QED) is 0.0918. The molecule has 12 rings (SSSR count). The normalized spacial score (nSPS) is 11.9. The van der Waals surface area contributed by atoms with E-state index in [2.05, 4.69) is 0 Å². The summed E-state index contributed by atoms with van der Waals surface area (Å²) >= 11 is 16.8. The molecule has 21 heteroatoms. The molecule has 0 aliphatic heterocycles. The second kappa shape index (κ2) is 18.6. The summed E-state index contributed by atoms with van der Waals surface area (Å²) in [5, 5.41) is 2.54. The second-order valence-corrected chi connectivity index (χ2v) is 20.8. The highest BCUT2D eigenvalue weighted by atomic mass is 35.5. The molecule has 6 aromatic carbocycles. The van der Waals surface area contributed by atoms with E-state index < -0.39 is 34.1 Å². The van der Waals surface area contributed by atoms with Crippen molar-refractivity contribution in [1.82, 2.24) is 40.8 Å². The van der Waals surface area contributed by atoms with Crippen LogP contribution in [0.2, 0.25) is 10.0 Å². The van der Waals surface area contributed by atoms with Gasteiger partial charge in [0.25, 0.3) is 0 Å². The summed E-state index contributed by atoms with van der Waals surface area (Å²) in [6, 6.07) is 44.8. The number of aryl methyl sites for hydroxylation is 1. The largest absolute Gasteiger partial charge is 0.497 e. The molecule has 0 atom stereocenters. The maximum Gasteiger partial charge on any atom is 0.357 e. The van der Waals surface area contributed by atoms with Crippen LogP contribution in [-0.2, 0) is 12.2 Å². The smallest absolute Gasteiger partial charge is 0.357 e. The molecule has 0 saturated heterocycles. The van der Waals surface area contributed by atoms with Crippen LogP contribution in [0.25, 0.3) is 50.8 Å². The fraction of sp³-hybridized carbons (Fsp3) is 0.0943. The van der Waals surface area contributed by atoms with E-state index in [9.17, 15) is 28.8 Å². The minimum Gasteiger partial charge on any atom is -0.497 e. The zero-order valence-corrected chi connectivity index (χ0v) is 42.9. The van der Waals surface area contributed by atoms with Crippen LogP contribution in [0.15, 0.2) is 196 Å². The number of hydrogen-bond acceptors (Lipinski definition) is 10. The number of aromatic nitrogens is 9. The fourth-order valence-electron chi connectivity index (χ4n) is 9.40. The summed E-state index contributed by atoms with van der Waals surface area (Å²) < 4.78 is 17.0. The highest BCUT2D eigenvalue weighted by molar-refractivity contribution is 7.99. The molecular formula is C53H37Cl2N9O7S3. The Labute approximate surface area is 440 Å². The third kappa shape index (κ3) is 7.47. The first-order valence-electron chi connectivity index (χ1n) is 22.8. The van der Waals surface area contributed by atoms with E-state index in [1.54, 1.807) is 72.8 Å². The van der Waals surface area contributed by atoms with Crippen LogP contribution in [0.3, 0.4) is 0 Å². The van der Waals surface area contributed by atoms with Crippen molar-refractivity contribution in [2.75, 3.05) is 19.1 Å². The lowest BCUT2D eigenvalue weighted by molar-refractivity contribution is 0.414. The molecule has 0 amide bonds. The van der Waals surface area contributed by atoms with Crippen LogP contribution >= 0.6 is 58.5 Å². The molecule has 0 fully saturated rings. The van der Waals surface area contributed by atoms with Crippen molar-refractivity contribution in [3.05, 3.63) is 236 Å². The van der Waals surface area contributed by atoms with Gasteiger partial charge < -0.3 is 4.74 Å². The van der Waals surface area contributed by atoms with Gasteiger partial charge in [-0.3, -0.25) is 0 Å². The summed E-state index contributed by atoms with van der Waals surface area (Å²) in [5.41, 5.74) is 3.63. The van der Waals surface area contributed by atoms with Crippen molar-refractivity contribution in [1.29, 1.82) is 0 Å². The molecule has 6 heterocycles. The minimum atomic E-state index is -0.565. The van der Waals surface area contributed by atoms with Gasteiger partial charge in [-0.2, -0.15) is 27.1 Å². The third-order valence-corrected chi connectivity index (χ3v) is 16.1. The summed E-state index contributed by atoms with van der Waals surface area (Å²) in [5.74, 6) is 1.38. The average Bonchev–Trinajstić information content (AvgIpc) is 3.86. The Kier molecular flexibility index (Phi) is 11.9. The summed E-state index contributed by atoms with van der Waals surface area (Å²) in [4.78, 5) is 84.1. The Bertz CT molecular complexity index is 4530. The van der Waals surface area contributed by atoms with Gasteiger partial charge >= 0.3 is 34.1 Å².